The van der Waals surface area contributed by atoms with Crippen molar-refractivity contribution >= 4 is 5.97 Å². The third-order valence-corrected chi connectivity index (χ3v) is 6.03. The maximum atomic E-state index is 11.9. The predicted octanol–water partition coefficient (Wildman–Crippen LogP) is 8.47. The van der Waals surface area contributed by atoms with Crippen LogP contribution in [-0.2, 0) is 14.3 Å². The first kappa shape index (κ1) is 32.9. The zero-order valence-electron chi connectivity index (χ0n) is 22.6. The topological polar surface area (TPSA) is 55.8 Å². The summed E-state index contributed by atoms with van der Waals surface area (Å²) < 4.78 is 11.0. The van der Waals surface area contributed by atoms with E-state index in [4.69, 9.17) is 9.47 Å². The highest BCUT2D eigenvalue weighted by Gasteiger charge is 2.13. The van der Waals surface area contributed by atoms with Crippen molar-refractivity contribution in [2.75, 3.05) is 19.8 Å². The summed E-state index contributed by atoms with van der Waals surface area (Å²) in [4.78, 5) is 11.9. The maximum Gasteiger partial charge on any atom is 0.306 e. The van der Waals surface area contributed by atoms with Gasteiger partial charge >= 0.3 is 5.97 Å². The second kappa shape index (κ2) is 28.1. The van der Waals surface area contributed by atoms with Crippen LogP contribution in [0.15, 0.2) is 24.3 Å². The van der Waals surface area contributed by atoms with E-state index in [0.29, 0.717) is 19.6 Å². The molecule has 0 amide bonds. The van der Waals surface area contributed by atoms with E-state index in [-0.39, 0.29) is 12.6 Å². The molecule has 4 nitrogen and oxygen atoms in total. The molecule has 1 unspecified atom stereocenters. The fraction of sp³-hybridized carbons (Fsp3) is 0.833. The Morgan fingerprint density at radius 2 is 1.24 bits per heavy atom. The molecule has 0 heterocycles. The molecule has 0 saturated carbocycles. The van der Waals surface area contributed by atoms with Crippen LogP contribution in [-0.4, -0.2) is 37.0 Å². The molecule has 200 valence electrons. The number of carbonyl (C=O) groups excluding carboxylic acids is 1. The Hall–Kier alpha value is -1.13. The van der Waals surface area contributed by atoms with Crippen LogP contribution in [0.3, 0.4) is 0 Å². The molecule has 0 aromatic carbocycles. The van der Waals surface area contributed by atoms with Crippen molar-refractivity contribution in [3.8, 4) is 0 Å². The number of aliphatic hydroxyl groups excluding tert-OH is 1. The number of unbranched alkanes of at least 4 members (excludes halogenated alkanes) is 14. The Bertz CT molecular complexity index is 472. The number of hydrogen-bond donors (Lipinski definition) is 1. The second-order valence-corrected chi connectivity index (χ2v) is 9.47. The summed E-state index contributed by atoms with van der Waals surface area (Å²) in [6, 6.07) is 0. The molecule has 0 bridgehead atoms. The molecule has 0 aliphatic rings. The first-order valence-corrected chi connectivity index (χ1v) is 14.4. The van der Waals surface area contributed by atoms with Gasteiger partial charge in [-0.15, -0.1) is 0 Å². The van der Waals surface area contributed by atoms with Crippen LogP contribution in [0.4, 0.5) is 0 Å². The average Bonchev–Trinajstić information content (AvgIpc) is 2.84. The summed E-state index contributed by atoms with van der Waals surface area (Å²) in [7, 11) is 0. The maximum absolute atomic E-state index is 11.9. The van der Waals surface area contributed by atoms with Crippen molar-refractivity contribution in [3.05, 3.63) is 24.3 Å². The monoisotopic (exact) mass is 480 g/mol. The lowest BCUT2D eigenvalue weighted by Crippen LogP contribution is -2.27. The number of allylic oxidation sites excluding steroid dienone is 4. The van der Waals surface area contributed by atoms with Crippen LogP contribution in [0, 0.1) is 0 Å². The van der Waals surface area contributed by atoms with Crippen molar-refractivity contribution in [2.24, 2.45) is 0 Å². The van der Waals surface area contributed by atoms with Crippen LogP contribution in [0.2, 0.25) is 0 Å². The average molecular weight is 481 g/mol. The highest BCUT2D eigenvalue weighted by Crippen LogP contribution is 2.10. The Balaban J connectivity index is 3.45. The van der Waals surface area contributed by atoms with Gasteiger partial charge in [0.15, 0.2) is 0 Å². The molecular weight excluding hydrogens is 424 g/mol. The normalized spacial score (nSPS) is 12.7. The van der Waals surface area contributed by atoms with Crippen LogP contribution >= 0.6 is 0 Å². The SMILES string of the molecule is CCCCC/C=C\C/C=C\CCCCCCCCOCC(CO)OC(=O)CCCCCCCC. The van der Waals surface area contributed by atoms with Crippen molar-refractivity contribution in [1.82, 2.24) is 0 Å². The van der Waals surface area contributed by atoms with Gasteiger partial charge in [0.1, 0.15) is 6.10 Å². The minimum Gasteiger partial charge on any atom is -0.457 e. The van der Waals surface area contributed by atoms with Gasteiger partial charge in [0, 0.05) is 13.0 Å². The number of ether oxygens (including phenoxy) is 2. The Kier molecular flexibility index (Phi) is 27.2. The number of hydrogen-bond acceptors (Lipinski definition) is 4. The number of aliphatic hydroxyl groups is 1. The fourth-order valence-electron chi connectivity index (χ4n) is 3.83. The first-order valence-electron chi connectivity index (χ1n) is 14.4. The van der Waals surface area contributed by atoms with Gasteiger partial charge in [-0.05, 0) is 44.9 Å². The quantitative estimate of drug-likeness (QED) is 0.0766. The lowest BCUT2D eigenvalue weighted by atomic mass is 10.1. The van der Waals surface area contributed by atoms with E-state index in [1.54, 1.807) is 0 Å². The van der Waals surface area contributed by atoms with E-state index in [2.05, 4.69) is 38.2 Å². The van der Waals surface area contributed by atoms with Crippen LogP contribution < -0.4 is 0 Å². The molecule has 0 spiro atoms. The molecule has 0 radical (unpaired) electrons. The minimum absolute atomic E-state index is 0.175. The molecule has 4 heteroatoms. The number of esters is 1. The van der Waals surface area contributed by atoms with Crippen LogP contribution in [0.5, 0.6) is 0 Å². The lowest BCUT2D eigenvalue weighted by Gasteiger charge is -2.15. The van der Waals surface area contributed by atoms with E-state index in [9.17, 15) is 9.90 Å². The summed E-state index contributed by atoms with van der Waals surface area (Å²) in [5, 5.41) is 9.42. The number of carbonyl (C=O) groups is 1. The zero-order valence-corrected chi connectivity index (χ0v) is 22.6. The van der Waals surface area contributed by atoms with Crippen molar-refractivity contribution in [3.63, 3.8) is 0 Å². The highest BCUT2D eigenvalue weighted by atomic mass is 16.6. The van der Waals surface area contributed by atoms with Gasteiger partial charge in [0.05, 0.1) is 13.2 Å². The molecule has 1 atom stereocenters. The molecule has 0 saturated heterocycles. The standard InChI is InChI=1S/C30H56O4/c1-3-5-7-9-11-12-13-14-15-16-17-18-19-20-22-24-26-33-28-29(27-31)34-30(32)25-23-21-10-8-6-4-2/h11-12,14-15,29,31H,3-10,13,16-28H2,1-2H3/b12-11-,15-14-. The molecule has 34 heavy (non-hydrogen) atoms. The Morgan fingerprint density at radius 1 is 0.706 bits per heavy atom. The van der Waals surface area contributed by atoms with Crippen LogP contribution in [0.25, 0.3) is 0 Å². The van der Waals surface area contributed by atoms with Gasteiger partial charge in [0.2, 0.25) is 0 Å². The predicted molar refractivity (Wildman–Crippen MR) is 145 cm³/mol. The third-order valence-electron chi connectivity index (χ3n) is 6.03. The Labute approximate surface area is 211 Å². The third kappa shape index (κ3) is 25.5. The minimum atomic E-state index is -0.530. The van der Waals surface area contributed by atoms with Gasteiger partial charge in [-0.1, -0.05) is 109 Å². The number of rotatable bonds is 26. The fourth-order valence-corrected chi connectivity index (χ4v) is 3.83. The summed E-state index contributed by atoms with van der Waals surface area (Å²) >= 11 is 0. The molecular formula is C30H56O4. The highest BCUT2D eigenvalue weighted by molar-refractivity contribution is 5.69. The van der Waals surface area contributed by atoms with E-state index in [0.717, 1.165) is 25.7 Å². The van der Waals surface area contributed by atoms with E-state index in [1.165, 1.54) is 89.9 Å². The molecule has 0 aliphatic heterocycles. The van der Waals surface area contributed by atoms with Crippen molar-refractivity contribution in [2.45, 2.75) is 142 Å². The largest absolute Gasteiger partial charge is 0.457 e. The summed E-state index contributed by atoms with van der Waals surface area (Å²) in [5.41, 5.74) is 0. The van der Waals surface area contributed by atoms with Crippen molar-refractivity contribution in [1.29, 1.82) is 0 Å². The zero-order chi connectivity index (χ0) is 25.0. The van der Waals surface area contributed by atoms with Gasteiger partial charge < -0.3 is 14.6 Å². The van der Waals surface area contributed by atoms with Crippen LogP contribution in [0.1, 0.15) is 136 Å². The molecule has 0 aromatic heterocycles. The van der Waals surface area contributed by atoms with Gasteiger partial charge in [0.25, 0.3) is 0 Å². The first-order chi connectivity index (χ1) is 16.7. The van der Waals surface area contributed by atoms with Gasteiger partial charge in [-0.2, -0.15) is 0 Å². The van der Waals surface area contributed by atoms with Gasteiger partial charge in [-0.3, -0.25) is 4.79 Å². The summed E-state index contributed by atoms with van der Waals surface area (Å²) in [6.45, 7) is 5.23. The lowest BCUT2D eigenvalue weighted by molar-refractivity contribution is -0.154. The van der Waals surface area contributed by atoms with E-state index in [1.807, 2.05) is 0 Å². The smallest absolute Gasteiger partial charge is 0.306 e. The molecule has 0 rings (SSSR count). The summed E-state index contributed by atoms with van der Waals surface area (Å²) in [6.07, 6.45) is 30.7. The van der Waals surface area contributed by atoms with Gasteiger partial charge in [-0.25, -0.2) is 0 Å². The second-order valence-electron chi connectivity index (χ2n) is 9.47. The molecule has 1 N–H and O–H groups in total. The van der Waals surface area contributed by atoms with E-state index >= 15 is 0 Å². The Morgan fingerprint density at radius 3 is 1.88 bits per heavy atom. The molecule has 0 aliphatic carbocycles. The van der Waals surface area contributed by atoms with Crippen molar-refractivity contribution < 1.29 is 19.4 Å². The molecule has 0 aromatic rings. The molecule has 0 fully saturated rings. The van der Waals surface area contributed by atoms with E-state index < -0.39 is 6.10 Å². The summed E-state index contributed by atoms with van der Waals surface area (Å²) in [5.74, 6) is -0.216.